The van der Waals surface area contributed by atoms with Crippen LogP contribution in [0.15, 0.2) is 18.2 Å². The Kier molecular flexibility index (Phi) is 3.19. The van der Waals surface area contributed by atoms with Crippen LogP contribution in [0.25, 0.3) is 0 Å². The molecular weight excluding hydrogens is 217 g/mol. The van der Waals surface area contributed by atoms with Crippen LogP contribution in [-0.4, -0.2) is 6.54 Å². The van der Waals surface area contributed by atoms with Crippen molar-refractivity contribution in [3.63, 3.8) is 0 Å². The van der Waals surface area contributed by atoms with E-state index in [4.69, 9.17) is 23.2 Å². The predicted octanol–water partition coefficient (Wildman–Crippen LogP) is 4.21. The first kappa shape index (κ1) is 10.1. The lowest BCUT2D eigenvalue weighted by atomic mass is 9.85. The maximum absolute atomic E-state index is 5.89. The third-order valence-corrected chi connectivity index (χ3v) is 3.12. The Bertz CT molecular complexity index is 301. The summed E-state index contributed by atoms with van der Waals surface area (Å²) in [5, 5.41) is 4.74. The summed E-state index contributed by atoms with van der Waals surface area (Å²) < 4.78 is 0. The van der Waals surface area contributed by atoms with Crippen molar-refractivity contribution in [1.82, 2.24) is 0 Å². The summed E-state index contributed by atoms with van der Waals surface area (Å²) in [7, 11) is 0. The minimum Gasteiger partial charge on any atom is -0.385 e. The van der Waals surface area contributed by atoms with Gasteiger partial charge in [-0.05, 0) is 37.0 Å². The van der Waals surface area contributed by atoms with Crippen LogP contribution >= 0.6 is 23.2 Å². The van der Waals surface area contributed by atoms with Crippen molar-refractivity contribution in [2.24, 2.45) is 5.92 Å². The number of anilines is 1. The standard InChI is InChI=1S/C11H13Cl2N/c12-9-4-10(13)6-11(5-9)14-7-8-2-1-3-8/h4-6,8,14H,1-3,7H2. The molecule has 1 nitrogen and oxygen atoms in total. The molecule has 1 aromatic carbocycles. The Morgan fingerprint density at radius 3 is 2.29 bits per heavy atom. The molecule has 76 valence electrons. The first-order chi connectivity index (χ1) is 6.74. The molecule has 1 saturated carbocycles. The van der Waals surface area contributed by atoms with Gasteiger partial charge in [0.1, 0.15) is 0 Å². The minimum absolute atomic E-state index is 0.689. The van der Waals surface area contributed by atoms with E-state index in [1.54, 1.807) is 6.07 Å². The van der Waals surface area contributed by atoms with Crippen molar-refractivity contribution in [2.45, 2.75) is 19.3 Å². The van der Waals surface area contributed by atoms with Crippen molar-refractivity contribution in [2.75, 3.05) is 11.9 Å². The molecule has 0 radical (unpaired) electrons. The number of benzene rings is 1. The van der Waals surface area contributed by atoms with Gasteiger partial charge < -0.3 is 5.32 Å². The molecule has 1 aromatic rings. The molecule has 3 heteroatoms. The summed E-state index contributed by atoms with van der Waals surface area (Å²) in [6.45, 7) is 1.04. The molecule has 1 aliphatic rings. The SMILES string of the molecule is Clc1cc(Cl)cc(NCC2CCC2)c1. The van der Waals surface area contributed by atoms with Gasteiger partial charge in [0.25, 0.3) is 0 Å². The van der Waals surface area contributed by atoms with Gasteiger partial charge in [-0.1, -0.05) is 29.6 Å². The fourth-order valence-corrected chi connectivity index (χ4v) is 2.14. The molecule has 0 atom stereocenters. The van der Waals surface area contributed by atoms with Crippen LogP contribution in [0.4, 0.5) is 5.69 Å². The number of hydrogen-bond acceptors (Lipinski definition) is 1. The molecule has 2 rings (SSSR count). The molecule has 1 fully saturated rings. The highest BCUT2D eigenvalue weighted by Gasteiger charge is 2.16. The Hall–Kier alpha value is -0.400. The van der Waals surface area contributed by atoms with E-state index in [2.05, 4.69) is 5.32 Å². The van der Waals surface area contributed by atoms with Crippen LogP contribution in [0.1, 0.15) is 19.3 Å². The van der Waals surface area contributed by atoms with E-state index in [-0.39, 0.29) is 0 Å². The van der Waals surface area contributed by atoms with Gasteiger partial charge >= 0.3 is 0 Å². The Morgan fingerprint density at radius 1 is 1.14 bits per heavy atom. The number of halogens is 2. The largest absolute Gasteiger partial charge is 0.385 e. The number of hydrogen-bond donors (Lipinski definition) is 1. The fraction of sp³-hybridized carbons (Fsp3) is 0.455. The average Bonchev–Trinajstić information content (AvgIpc) is 1.99. The van der Waals surface area contributed by atoms with Crippen LogP contribution in [0, 0.1) is 5.92 Å². The Morgan fingerprint density at radius 2 is 1.79 bits per heavy atom. The zero-order valence-electron chi connectivity index (χ0n) is 7.89. The summed E-state index contributed by atoms with van der Waals surface area (Å²) in [5.41, 5.74) is 1.02. The van der Waals surface area contributed by atoms with Crippen LogP contribution in [0.5, 0.6) is 0 Å². The highest BCUT2D eigenvalue weighted by atomic mass is 35.5. The van der Waals surface area contributed by atoms with E-state index in [1.807, 2.05) is 12.1 Å². The number of nitrogens with one attached hydrogen (secondary N) is 1. The lowest BCUT2D eigenvalue weighted by Gasteiger charge is -2.25. The van der Waals surface area contributed by atoms with Crippen molar-refractivity contribution in [3.8, 4) is 0 Å². The van der Waals surface area contributed by atoms with E-state index in [0.29, 0.717) is 10.0 Å². The molecule has 0 aliphatic heterocycles. The fourth-order valence-electron chi connectivity index (χ4n) is 1.62. The van der Waals surface area contributed by atoms with Crippen LogP contribution in [0.3, 0.4) is 0 Å². The molecule has 1 N–H and O–H groups in total. The number of rotatable bonds is 3. The molecule has 0 bridgehead atoms. The third kappa shape index (κ3) is 2.55. The highest BCUT2D eigenvalue weighted by Crippen LogP contribution is 2.28. The van der Waals surface area contributed by atoms with Crippen molar-refractivity contribution in [3.05, 3.63) is 28.2 Å². The lowest BCUT2D eigenvalue weighted by Crippen LogP contribution is -2.20. The predicted molar refractivity (Wildman–Crippen MR) is 62.3 cm³/mol. The molecule has 14 heavy (non-hydrogen) atoms. The van der Waals surface area contributed by atoms with E-state index in [1.165, 1.54) is 19.3 Å². The lowest BCUT2D eigenvalue weighted by molar-refractivity contribution is 0.333. The van der Waals surface area contributed by atoms with Crippen molar-refractivity contribution < 1.29 is 0 Å². The zero-order chi connectivity index (χ0) is 9.97. The van der Waals surface area contributed by atoms with Gasteiger partial charge in [-0.2, -0.15) is 0 Å². The molecule has 0 saturated heterocycles. The molecule has 1 aliphatic carbocycles. The van der Waals surface area contributed by atoms with Crippen LogP contribution in [0.2, 0.25) is 10.0 Å². The molecule has 0 spiro atoms. The van der Waals surface area contributed by atoms with Crippen molar-refractivity contribution >= 4 is 28.9 Å². The summed E-state index contributed by atoms with van der Waals surface area (Å²) >= 11 is 11.8. The molecule has 0 heterocycles. The van der Waals surface area contributed by atoms with E-state index < -0.39 is 0 Å². The Balaban J connectivity index is 1.94. The van der Waals surface area contributed by atoms with E-state index in [9.17, 15) is 0 Å². The second-order valence-electron chi connectivity index (χ2n) is 3.84. The average molecular weight is 230 g/mol. The van der Waals surface area contributed by atoms with Gasteiger partial charge in [-0.15, -0.1) is 0 Å². The summed E-state index contributed by atoms with van der Waals surface area (Å²) in [5.74, 6) is 0.841. The summed E-state index contributed by atoms with van der Waals surface area (Å²) in [6.07, 6.45) is 4.07. The summed E-state index contributed by atoms with van der Waals surface area (Å²) in [6, 6.07) is 5.57. The van der Waals surface area contributed by atoms with E-state index >= 15 is 0 Å². The normalized spacial score (nSPS) is 16.4. The second kappa shape index (κ2) is 4.41. The maximum atomic E-state index is 5.89. The molecular formula is C11H13Cl2N. The maximum Gasteiger partial charge on any atom is 0.0441 e. The highest BCUT2D eigenvalue weighted by molar-refractivity contribution is 6.35. The van der Waals surface area contributed by atoms with Gasteiger partial charge in [0, 0.05) is 22.3 Å². The molecule has 0 aromatic heterocycles. The monoisotopic (exact) mass is 229 g/mol. The first-order valence-electron chi connectivity index (χ1n) is 4.94. The topological polar surface area (TPSA) is 12.0 Å². The van der Waals surface area contributed by atoms with Crippen LogP contribution < -0.4 is 5.32 Å². The van der Waals surface area contributed by atoms with Crippen LogP contribution in [-0.2, 0) is 0 Å². The quantitative estimate of drug-likeness (QED) is 0.820. The van der Waals surface area contributed by atoms with Gasteiger partial charge in [-0.3, -0.25) is 0 Å². The summed E-state index contributed by atoms with van der Waals surface area (Å²) in [4.78, 5) is 0. The minimum atomic E-state index is 0.689. The second-order valence-corrected chi connectivity index (χ2v) is 4.71. The molecule has 0 amide bonds. The van der Waals surface area contributed by atoms with Gasteiger partial charge in [-0.25, -0.2) is 0 Å². The molecule has 0 unspecified atom stereocenters. The third-order valence-electron chi connectivity index (χ3n) is 2.68. The van der Waals surface area contributed by atoms with Gasteiger partial charge in [0.15, 0.2) is 0 Å². The zero-order valence-corrected chi connectivity index (χ0v) is 9.41. The smallest absolute Gasteiger partial charge is 0.0441 e. The Labute approximate surface area is 94.4 Å². The van der Waals surface area contributed by atoms with Crippen molar-refractivity contribution in [1.29, 1.82) is 0 Å². The van der Waals surface area contributed by atoms with E-state index in [0.717, 1.165) is 18.2 Å². The first-order valence-corrected chi connectivity index (χ1v) is 5.69. The van der Waals surface area contributed by atoms with Gasteiger partial charge in [0.05, 0.1) is 0 Å². The van der Waals surface area contributed by atoms with Gasteiger partial charge in [0.2, 0.25) is 0 Å².